The topological polar surface area (TPSA) is 29.5 Å². The lowest BCUT2D eigenvalue weighted by Crippen LogP contribution is -1.94. The maximum Gasteiger partial charge on any atom is 0.174 e. The first-order valence-corrected chi connectivity index (χ1v) is 6.12. The van der Waals surface area contributed by atoms with E-state index in [4.69, 9.17) is 4.74 Å². The van der Waals surface area contributed by atoms with Crippen molar-refractivity contribution in [1.82, 2.24) is 0 Å². The highest BCUT2D eigenvalue weighted by atomic mass is 32.1. The van der Waals surface area contributed by atoms with Gasteiger partial charge in [-0.3, -0.25) is 0 Å². The van der Waals surface area contributed by atoms with Crippen LogP contribution in [-0.4, -0.2) is 5.11 Å². The van der Waals surface area contributed by atoms with E-state index in [1.807, 2.05) is 18.2 Å². The van der Waals surface area contributed by atoms with E-state index in [9.17, 15) is 9.50 Å². The first-order chi connectivity index (χ1) is 8.15. The second kappa shape index (κ2) is 5.29. The summed E-state index contributed by atoms with van der Waals surface area (Å²) in [5.74, 6) is -0.262. The average molecular weight is 252 g/mol. The summed E-state index contributed by atoms with van der Waals surface area (Å²) in [5, 5.41) is 10.1. The van der Waals surface area contributed by atoms with Crippen LogP contribution >= 0.6 is 11.3 Å². The van der Waals surface area contributed by atoms with Crippen LogP contribution in [0.25, 0.3) is 0 Å². The molecule has 90 valence electrons. The third-order valence-corrected chi connectivity index (χ3v) is 3.45. The molecule has 1 aromatic heterocycles. The molecule has 0 fully saturated rings. The predicted molar refractivity (Wildman–Crippen MR) is 65.7 cm³/mol. The van der Waals surface area contributed by atoms with Crippen molar-refractivity contribution >= 4 is 11.3 Å². The van der Waals surface area contributed by atoms with Crippen LogP contribution in [0.5, 0.6) is 5.06 Å². The molecule has 2 aromatic rings. The minimum atomic E-state index is -0.480. The molecule has 0 aliphatic carbocycles. The van der Waals surface area contributed by atoms with Crippen molar-refractivity contribution in [2.75, 3.05) is 0 Å². The molecule has 0 saturated heterocycles. The Bertz CT molecular complexity index is 494. The van der Waals surface area contributed by atoms with Gasteiger partial charge in [-0.25, -0.2) is 4.39 Å². The van der Waals surface area contributed by atoms with Gasteiger partial charge < -0.3 is 9.84 Å². The van der Waals surface area contributed by atoms with Crippen molar-refractivity contribution in [2.24, 2.45) is 0 Å². The Balaban J connectivity index is 1.97. The molecule has 0 aliphatic rings. The number of hydrogen-bond donors (Lipinski definition) is 1. The summed E-state index contributed by atoms with van der Waals surface area (Å²) in [4.78, 5) is 0.860. The number of benzene rings is 1. The predicted octanol–water partition coefficient (Wildman–Crippen LogP) is 3.52. The highest BCUT2D eigenvalue weighted by Gasteiger charge is 2.06. The maximum absolute atomic E-state index is 12.9. The number of thiophene rings is 1. The summed E-state index contributed by atoms with van der Waals surface area (Å²) in [5.41, 5.74) is 0.789. The van der Waals surface area contributed by atoms with Gasteiger partial charge in [-0.2, -0.15) is 0 Å². The van der Waals surface area contributed by atoms with E-state index in [1.165, 1.54) is 23.5 Å². The molecule has 2 rings (SSSR count). The molecule has 0 spiro atoms. The lowest BCUT2D eigenvalue weighted by atomic mass is 10.2. The molecule has 0 saturated carbocycles. The Hall–Kier alpha value is -1.39. The highest BCUT2D eigenvalue weighted by molar-refractivity contribution is 7.13. The van der Waals surface area contributed by atoms with E-state index in [1.54, 1.807) is 13.0 Å². The lowest BCUT2D eigenvalue weighted by molar-refractivity contribution is 0.203. The summed E-state index contributed by atoms with van der Waals surface area (Å²) >= 11 is 1.40. The summed E-state index contributed by atoms with van der Waals surface area (Å²) < 4.78 is 18.4. The van der Waals surface area contributed by atoms with Gasteiger partial charge in [-0.1, -0.05) is 12.1 Å². The van der Waals surface area contributed by atoms with E-state index in [2.05, 4.69) is 0 Å². The molecule has 0 aliphatic heterocycles. The number of aliphatic hydroxyl groups is 1. The van der Waals surface area contributed by atoms with Crippen molar-refractivity contribution in [3.05, 3.63) is 52.7 Å². The van der Waals surface area contributed by atoms with E-state index in [-0.39, 0.29) is 5.82 Å². The van der Waals surface area contributed by atoms with E-state index < -0.39 is 6.10 Å². The molecular formula is C13H13FO2S. The molecule has 1 N–H and O–H groups in total. The second-order valence-corrected chi connectivity index (χ2v) is 4.83. The SMILES string of the molecule is CC(O)c1ccc(OCc2cccc(F)c2)s1. The fourth-order valence-electron chi connectivity index (χ4n) is 1.42. The van der Waals surface area contributed by atoms with Crippen LogP contribution < -0.4 is 4.74 Å². The zero-order valence-corrected chi connectivity index (χ0v) is 10.2. The number of ether oxygens (including phenoxy) is 1. The third-order valence-electron chi connectivity index (χ3n) is 2.28. The Kier molecular flexibility index (Phi) is 3.76. The maximum atomic E-state index is 12.9. The third kappa shape index (κ3) is 3.28. The van der Waals surface area contributed by atoms with Gasteiger partial charge in [-0.15, -0.1) is 11.3 Å². The van der Waals surface area contributed by atoms with Gasteiger partial charge in [0.15, 0.2) is 5.06 Å². The fraction of sp³-hybridized carbons (Fsp3) is 0.231. The standard InChI is InChI=1S/C13H13FO2S/c1-9(15)12-5-6-13(17-12)16-8-10-3-2-4-11(14)7-10/h2-7,9,15H,8H2,1H3. The minimum absolute atomic E-state index is 0.262. The molecule has 4 heteroatoms. The summed E-state index contributed by atoms with van der Waals surface area (Å²) in [6, 6.07) is 9.96. The fourth-order valence-corrected chi connectivity index (χ4v) is 2.21. The van der Waals surface area contributed by atoms with Crippen LogP contribution in [0.3, 0.4) is 0 Å². The molecule has 1 aromatic carbocycles. The van der Waals surface area contributed by atoms with Crippen LogP contribution in [0.1, 0.15) is 23.5 Å². The van der Waals surface area contributed by atoms with Crippen LogP contribution in [-0.2, 0) is 6.61 Å². The normalized spacial score (nSPS) is 12.4. The Labute approximate surface area is 103 Å². The number of aliphatic hydroxyl groups excluding tert-OH is 1. The molecule has 1 atom stereocenters. The van der Waals surface area contributed by atoms with Crippen LogP contribution in [0.15, 0.2) is 36.4 Å². The Morgan fingerprint density at radius 3 is 2.82 bits per heavy atom. The zero-order valence-electron chi connectivity index (χ0n) is 9.39. The highest BCUT2D eigenvalue weighted by Crippen LogP contribution is 2.29. The van der Waals surface area contributed by atoms with Crippen LogP contribution in [0, 0.1) is 5.82 Å². The molecule has 0 bridgehead atoms. The smallest absolute Gasteiger partial charge is 0.174 e. The van der Waals surface area contributed by atoms with Gasteiger partial charge in [0.1, 0.15) is 12.4 Å². The first-order valence-electron chi connectivity index (χ1n) is 5.30. The molecule has 1 unspecified atom stereocenters. The monoisotopic (exact) mass is 252 g/mol. The van der Waals surface area contributed by atoms with E-state index in [0.717, 1.165) is 15.5 Å². The van der Waals surface area contributed by atoms with Crippen molar-refractivity contribution in [3.63, 3.8) is 0 Å². The molecule has 0 radical (unpaired) electrons. The quantitative estimate of drug-likeness (QED) is 0.902. The zero-order chi connectivity index (χ0) is 12.3. The number of rotatable bonds is 4. The Morgan fingerprint density at radius 2 is 2.18 bits per heavy atom. The van der Waals surface area contributed by atoms with Gasteiger partial charge in [-0.05, 0) is 36.8 Å². The summed E-state index contributed by atoms with van der Waals surface area (Å²) in [6.07, 6.45) is -0.480. The molecule has 17 heavy (non-hydrogen) atoms. The molecule has 2 nitrogen and oxygen atoms in total. The van der Waals surface area contributed by atoms with Crippen LogP contribution in [0.4, 0.5) is 4.39 Å². The van der Waals surface area contributed by atoms with E-state index in [0.29, 0.717) is 6.61 Å². The van der Waals surface area contributed by atoms with Gasteiger partial charge in [0.2, 0.25) is 0 Å². The largest absolute Gasteiger partial charge is 0.479 e. The van der Waals surface area contributed by atoms with Crippen molar-refractivity contribution in [3.8, 4) is 5.06 Å². The second-order valence-electron chi connectivity index (χ2n) is 3.75. The van der Waals surface area contributed by atoms with Gasteiger partial charge >= 0.3 is 0 Å². The van der Waals surface area contributed by atoms with Crippen molar-refractivity contribution < 1.29 is 14.2 Å². The van der Waals surface area contributed by atoms with Gasteiger partial charge in [0.25, 0.3) is 0 Å². The van der Waals surface area contributed by atoms with Gasteiger partial charge in [0.05, 0.1) is 6.10 Å². The first kappa shape index (κ1) is 12.1. The average Bonchev–Trinajstić information content (AvgIpc) is 2.75. The molecular weight excluding hydrogens is 239 g/mol. The number of halogens is 1. The van der Waals surface area contributed by atoms with Crippen molar-refractivity contribution in [2.45, 2.75) is 19.6 Å². The Morgan fingerprint density at radius 1 is 1.35 bits per heavy atom. The lowest BCUT2D eigenvalue weighted by Gasteiger charge is -2.03. The van der Waals surface area contributed by atoms with Gasteiger partial charge in [0, 0.05) is 4.88 Å². The summed E-state index contributed by atoms with van der Waals surface area (Å²) in [6.45, 7) is 2.04. The number of hydrogen-bond acceptors (Lipinski definition) is 3. The molecule has 0 amide bonds. The molecule has 1 heterocycles. The van der Waals surface area contributed by atoms with E-state index >= 15 is 0 Å². The minimum Gasteiger partial charge on any atom is -0.479 e. The summed E-state index contributed by atoms with van der Waals surface area (Å²) in [7, 11) is 0. The van der Waals surface area contributed by atoms with Crippen molar-refractivity contribution in [1.29, 1.82) is 0 Å². The van der Waals surface area contributed by atoms with Crippen LogP contribution in [0.2, 0.25) is 0 Å².